The van der Waals surface area contributed by atoms with Gasteiger partial charge in [0.25, 0.3) is 0 Å². The Labute approximate surface area is 178 Å². The molecule has 152 valence electrons. The van der Waals surface area contributed by atoms with Gasteiger partial charge >= 0.3 is 5.97 Å². The van der Waals surface area contributed by atoms with E-state index < -0.39 is 11.9 Å². The third-order valence-electron chi connectivity index (χ3n) is 3.95. The summed E-state index contributed by atoms with van der Waals surface area (Å²) in [6.45, 7) is 3.21. The lowest BCUT2D eigenvalue weighted by atomic mass is 10.2. The number of hydrogen-bond donors (Lipinski definition) is 3. The van der Waals surface area contributed by atoms with Crippen LogP contribution < -0.4 is 10.6 Å². The fourth-order valence-corrected chi connectivity index (χ4v) is 3.31. The van der Waals surface area contributed by atoms with E-state index in [-0.39, 0.29) is 11.5 Å². The third kappa shape index (κ3) is 7.29. The minimum Gasteiger partial charge on any atom is -0.478 e. The van der Waals surface area contributed by atoms with Crippen molar-refractivity contribution in [2.45, 2.75) is 25.2 Å². The van der Waals surface area contributed by atoms with Gasteiger partial charge in [0.2, 0.25) is 11.8 Å². The van der Waals surface area contributed by atoms with Gasteiger partial charge < -0.3 is 15.7 Å². The molecule has 2 rings (SSSR count). The highest BCUT2D eigenvalue weighted by molar-refractivity contribution is 7.99. The Hall–Kier alpha value is -2.77. The number of carbonyl (C=O) groups is 3. The van der Waals surface area contributed by atoms with Crippen molar-refractivity contribution in [1.29, 1.82) is 0 Å². The molecule has 0 aliphatic rings. The molecule has 2 amide bonds. The Morgan fingerprint density at radius 2 is 1.79 bits per heavy atom. The van der Waals surface area contributed by atoms with Gasteiger partial charge in [-0.2, -0.15) is 0 Å². The molecular weight excluding hydrogens is 412 g/mol. The van der Waals surface area contributed by atoms with Gasteiger partial charge in [-0.1, -0.05) is 17.7 Å². The van der Waals surface area contributed by atoms with Crippen LogP contribution in [0.4, 0.5) is 11.4 Å². The van der Waals surface area contributed by atoms with E-state index in [2.05, 4.69) is 10.6 Å². The molecule has 0 saturated heterocycles. The molecule has 0 saturated carbocycles. The van der Waals surface area contributed by atoms with Gasteiger partial charge in [0.1, 0.15) is 0 Å². The van der Waals surface area contributed by atoms with Gasteiger partial charge in [0.15, 0.2) is 0 Å². The molecule has 2 aromatic rings. The summed E-state index contributed by atoms with van der Waals surface area (Å²) in [5.74, 6) is -1.13. The molecule has 29 heavy (non-hydrogen) atoms. The van der Waals surface area contributed by atoms with E-state index in [9.17, 15) is 14.4 Å². The molecule has 0 fully saturated rings. The van der Waals surface area contributed by atoms with Crippen LogP contribution in [0.15, 0.2) is 59.0 Å². The lowest BCUT2D eigenvalue weighted by Gasteiger charge is -2.09. The average Bonchev–Trinajstić information content (AvgIpc) is 2.66. The molecule has 0 aliphatic heterocycles. The maximum atomic E-state index is 12.1. The predicted octanol–water partition coefficient (Wildman–Crippen LogP) is 4.74. The summed E-state index contributed by atoms with van der Waals surface area (Å²) in [7, 11) is 0. The molecule has 6 nitrogen and oxygen atoms in total. The van der Waals surface area contributed by atoms with Crippen LogP contribution in [0.2, 0.25) is 5.02 Å². The first-order chi connectivity index (χ1) is 13.8. The van der Waals surface area contributed by atoms with E-state index in [1.807, 2.05) is 25.1 Å². The minimum atomic E-state index is -1.14. The zero-order valence-corrected chi connectivity index (χ0v) is 17.6. The Morgan fingerprint density at radius 1 is 1.10 bits per heavy atom. The van der Waals surface area contributed by atoms with Crippen LogP contribution in [-0.2, 0) is 14.4 Å². The second-order valence-corrected chi connectivity index (χ2v) is 7.78. The first kappa shape index (κ1) is 22.5. The highest BCUT2D eigenvalue weighted by atomic mass is 35.5. The molecule has 0 bridgehead atoms. The summed E-state index contributed by atoms with van der Waals surface area (Å²) in [5, 5.41) is 14.9. The Bertz CT molecular complexity index is 942. The number of hydrogen-bond acceptors (Lipinski definition) is 4. The van der Waals surface area contributed by atoms with Crippen LogP contribution in [0.3, 0.4) is 0 Å². The number of nitrogens with one attached hydrogen (secondary N) is 2. The van der Waals surface area contributed by atoms with Crippen molar-refractivity contribution in [2.75, 3.05) is 16.4 Å². The number of rotatable bonds is 8. The van der Waals surface area contributed by atoms with Crippen molar-refractivity contribution in [3.63, 3.8) is 0 Å². The first-order valence-corrected chi connectivity index (χ1v) is 10.1. The second-order valence-electron chi connectivity index (χ2n) is 6.21. The average molecular weight is 433 g/mol. The van der Waals surface area contributed by atoms with E-state index >= 15 is 0 Å². The molecule has 2 aromatic carbocycles. The molecule has 8 heteroatoms. The number of carboxylic acids is 1. The van der Waals surface area contributed by atoms with Crippen LogP contribution in [0.1, 0.15) is 18.9 Å². The summed E-state index contributed by atoms with van der Waals surface area (Å²) in [6.07, 6.45) is 1.37. The smallest absolute Gasteiger partial charge is 0.331 e. The largest absolute Gasteiger partial charge is 0.478 e. The van der Waals surface area contributed by atoms with Gasteiger partial charge in [0, 0.05) is 45.1 Å². The fourth-order valence-electron chi connectivity index (χ4n) is 2.29. The maximum Gasteiger partial charge on any atom is 0.331 e. The normalized spacial score (nSPS) is 11.1. The SMILES string of the molecule is CC(=CC(=O)Nc1ccc(SCCC(=O)Nc2cccc(Cl)c2C)cc1)C(=O)O. The van der Waals surface area contributed by atoms with Crippen molar-refractivity contribution >= 4 is 52.5 Å². The van der Waals surface area contributed by atoms with E-state index in [1.165, 1.54) is 18.7 Å². The number of amides is 2. The van der Waals surface area contributed by atoms with Crippen molar-refractivity contribution in [3.05, 3.63) is 64.7 Å². The molecule has 0 spiro atoms. The molecule has 0 radical (unpaired) electrons. The highest BCUT2D eigenvalue weighted by Gasteiger charge is 2.08. The predicted molar refractivity (Wildman–Crippen MR) is 117 cm³/mol. The summed E-state index contributed by atoms with van der Waals surface area (Å²) >= 11 is 7.57. The van der Waals surface area contributed by atoms with Crippen molar-refractivity contribution < 1.29 is 19.5 Å². The lowest BCUT2D eigenvalue weighted by Crippen LogP contribution is -2.13. The van der Waals surface area contributed by atoms with Crippen LogP contribution in [0.25, 0.3) is 0 Å². The first-order valence-electron chi connectivity index (χ1n) is 8.76. The van der Waals surface area contributed by atoms with Crippen molar-refractivity contribution in [2.24, 2.45) is 0 Å². The minimum absolute atomic E-state index is 0.0408. The molecule has 0 unspecified atom stereocenters. The number of aliphatic carboxylic acids is 1. The summed E-state index contributed by atoms with van der Waals surface area (Å²) in [4.78, 5) is 35.5. The number of carbonyl (C=O) groups excluding carboxylic acids is 2. The maximum absolute atomic E-state index is 12.1. The topological polar surface area (TPSA) is 95.5 Å². The van der Waals surface area contributed by atoms with E-state index in [0.29, 0.717) is 28.6 Å². The van der Waals surface area contributed by atoms with E-state index in [0.717, 1.165) is 16.5 Å². The molecule has 3 N–H and O–H groups in total. The molecule has 0 aromatic heterocycles. The second kappa shape index (κ2) is 10.7. The number of thioether (sulfide) groups is 1. The number of halogens is 1. The van der Waals surface area contributed by atoms with Crippen molar-refractivity contribution in [3.8, 4) is 0 Å². The number of benzene rings is 2. The third-order valence-corrected chi connectivity index (χ3v) is 5.37. The molecule has 0 aliphatic carbocycles. The summed E-state index contributed by atoms with van der Waals surface area (Å²) in [6, 6.07) is 12.5. The standard InChI is InChI=1S/C21H21ClN2O4S/c1-13(21(27)28)12-20(26)23-15-6-8-16(9-7-15)29-11-10-19(25)24-18-5-3-4-17(22)14(18)2/h3-9,12H,10-11H2,1-2H3,(H,23,26)(H,24,25)(H,27,28). The monoisotopic (exact) mass is 432 g/mol. The zero-order valence-electron chi connectivity index (χ0n) is 16.0. The Balaban J connectivity index is 1.80. The van der Waals surface area contributed by atoms with Gasteiger partial charge in [0.05, 0.1) is 0 Å². The lowest BCUT2D eigenvalue weighted by molar-refractivity contribution is -0.132. The molecule has 0 atom stereocenters. The number of anilines is 2. The summed E-state index contributed by atoms with van der Waals surface area (Å²) < 4.78 is 0. The fraction of sp³-hybridized carbons (Fsp3) is 0.190. The van der Waals surface area contributed by atoms with E-state index in [4.69, 9.17) is 16.7 Å². The van der Waals surface area contributed by atoms with Gasteiger partial charge in [-0.3, -0.25) is 9.59 Å². The highest BCUT2D eigenvalue weighted by Crippen LogP contribution is 2.24. The van der Waals surface area contributed by atoms with Crippen LogP contribution in [0, 0.1) is 6.92 Å². The number of carboxylic acid groups (broad SMARTS) is 1. The zero-order chi connectivity index (χ0) is 21.4. The summed E-state index contributed by atoms with van der Waals surface area (Å²) in [5.41, 5.74) is 2.06. The van der Waals surface area contributed by atoms with Gasteiger partial charge in [-0.15, -0.1) is 11.8 Å². The Kier molecular flexibility index (Phi) is 8.30. The molecule has 0 heterocycles. The van der Waals surface area contributed by atoms with Gasteiger partial charge in [-0.05, 0) is 55.8 Å². The molecular formula is C21H21ClN2O4S. The van der Waals surface area contributed by atoms with Gasteiger partial charge in [-0.25, -0.2) is 4.79 Å². The van der Waals surface area contributed by atoms with E-state index in [1.54, 1.807) is 24.3 Å². The van der Waals surface area contributed by atoms with Crippen LogP contribution in [-0.4, -0.2) is 28.6 Å². The quantitative estimate of drug-likeness (QED) is 0.413. The van der Waals surface area contributed by atoms with Crippen molar-refractivity contribution in [1.82, 2.24) is 0 Å². The Morgan fingerprint density at radius 3 is 2.45 bits per heavy atom. The van der Waals surface area contributed by atoms with Crippen LogP contribution >= 0.6 is 23.4 Å². The van der Waals surface area contributed by atoms with Crippen LogP contribution in [0.5, 0.6) is 0 Å².